The summed E-state index contributed by atoms with van der Waals surface area (Å²) >= 11 is 0. The van der Waals surface area contributed by atoms with Gasteiger partial charge in [-0.05, 0) is 32.9 Å². The number of hydrogen-bond acceptors (Lipinski definition) is 3. The number of nitrogens with one attached hydrogen (secondary N) is 1. The molecule has 1 aliphatic rings. The van der Waals surface area contributed by atoms with Crippen LogP contribution in [0.15, 0.2) is 0 Å². The van der Waals surface area contributed by atoms with Crippen molar-refractivity contribution in [2.75, 3.05) is 26.7 Å². The van der Waals surface area contributed by atoms with Crippen molar-refractivity contribution in [2.45, 2.75) is 25.9 Å². The number of aliphatic hydroxyl groups is 1. The number of carbonyl (C=O) groups is 1. The van der Waals surface area contributed by atoms with Crippen LogP contribution in [0.1, 0.15) is 19.8 Å². The fourth-order valence-electron chi connectivity index (χ4n) is 1.90. The normalized spacial score (nSPS) is 23.9. The van der Waals surface area contributed by atoms with Gasteiger partial charge in [0, 0.05) is 13.1 Å². The summed E-state index contributed by atoms with van der Waals surface area (Å²) in [4.78, 5) is 13.4. The summed E-state index contributed by atoms with van der Waals surface area (Å²) in [5, 5.41) is 12.2. The van der Waals surface area contributed by atoms with Crippen LogP contribution in [0.25, 0.3) is 0 Å². The second-order valence-electron chi connectivity index (χ2n) is 4.11. The highest BCUT2D eigenvalue weighted by atomic mass is 16.3. The SMILES string of the molecule is CNCC1CCN(C(=O)CC(C)O)C1. The van der Waals surface area contributed by atoms with Gasteiger partial charge in [-0.3, -0.25) is 4.79 Å². The molecule has 0 bridgehead atoms. The lowest BCUT2D eigenvalue weighted by atomic mass is 10.1. The topological polar surface area (TPSA) is 52.6 Å². The van der Waals surface area contributed by atoms with E-state index in [1.165, 1.54) is 0 Å². The predicted molar refractivity (Wildman–Crippen MR) is 54.9 cm³/mol. The standard InChI is InChI=1S/C10H20N2O2/c1-8(13)5-10(14)12-4-3-9(7-12)6-11-2/h8-9,11,13H,3-7H2,1-2H3. The first-order valence-corrected chi connectivity index (χ1v) is 5.24. The Kier molecular flexibility index (Phi) is 4.35. The van der Waals surface area contributed by atoms with Crippen LogP contribution in [-0.2, 0) is 4.79 Å². The Labute approximate surface area is 85.3 Å². The van der Waals surface area contributed by atoms with Crippen LogP contribution in [0, 0.1) is 5.92 Å². The van der Waals surface area contributed by atoms with Gasteiger partial charge in [-0.2, -0.15) is 0 Å². The zero-order chi connectivity index (χ0) is 10.6. The molecule has 82 valence electrons. The molecule has 1 saturated heterocycles. The van der Waals surface area contributed by atoms with E-state index < -0.39 is 6.10 Å². The summed E-state index contributed by atoms with van der Waals surface area (Å²) in [5.74, 6) is 0.663. The Morgan fingerprint density at radius 1 is 1.71 bits per heavy atom. The minimum absolute atomic E-state index is 0.0820. The van der Waals surface area contributed by atoms with Crippen molar-refractivity contribution in [1.29, 1.82) is 0 Å². The molecule has 0 saturated carbocycles. The number of hydrogen-bond donors (Lipinski definition) is 2. The van der Waals surface area contributed by atoms with Crippen molar-refractivity contribution in [1.82, 2.24) is 10.2 Å². The van der Waals surface area contributed by atoms with E-state index in [4.69, 9.17) is 5.11 Å². The van der Waals surface area contributed by atoms with Gasteiger partial charge in [0.05, 0.1) is 12.5 Å². The van der Waals surface area contributed by atoms with Gasteiger partial charge in [0.2, 0.25) is 5.91 Å². The summed E-state index contributed by atoms with van der Waals surface area (Å²) in [5.41, 5.74) is 0. The first kappa shape index (κ1) is 11.5. The maximum absolute atomic E-state index is 11.6. The van der Waals surface area contributed by atoms with E-state index >= 15 is 0 Å². The van der Waals surface area contributed by atoms with Crippen LogP contribution in [0.2, 0.25) is 0 Å². The molecule has 2 atom stereocenters. The average molecular weight is 200 g/mol. The van der Waals surface area contributed by atoms with E-state index in [1.807, 2.05) is 11.9 Å². The molecule has 0 aromatic carbocycles. The summed E-state index contributed by atoms with van der Waals surface area (Å²) < 4.78 is 0. The van der Waals surface area contributed by atoms with Crippen molar-refractivity contribution < 1.29 is 9.90 Å². The lowest BCUT2D eigenvalue weighted by Gasteiger charge is -2.17. The van der Waals surface area contributed by atoms with Crippen LogP contribution >= 0.6 is 0 Å². The van der Waals surface area contributed by atoms with Gasteiger partial charge in [-0.25, -0.2) is 0 Å². The molecule has 0 aromatic heterocycles. The number of rotatable bonds is 4. The van der Waals surface area contributed by atoms with E-state index in [2.05, 4.69) is 5.32 Å². The summed E-state index contributed by atoms with van der Waals surface area (Å²) in [6, 6.07) is 0. The molecule has 0 spiro atoms. The Bertz CT molecular complexity index is 195. The third kappa shape index (κ3) is 3.27. The van der Waals surface area contributed by atoms with E-state index in [1.54, 1.807) is 6.92 Å². The molecule has 0 radical (unpaired) electrons. The number of nitrogens with zero attached hydrogens (tertiary/aromatic N) is 1. The fraction of sp³-hybridized carbons (Fsp3) is 0.900. The Morgan fingerprint density at radius 2 is 2.43 bits per heavy atom. The fourth-order valence-corrected chi connectivity index (χ4v) is 1.90. The van der Waals surface area contributed by atoms with Gasteiger partial charge in [0.15, 0.2) is 0 Å². The first-order valence-electron chi connectivity index (χ1n) is 5.24. The second kappa shape index (κ2) is 5.32. The lowest BCUT2D eigenvalue weighted by molar-refractivity contribution is -0.132. The summed E-state index contributed by atoms with van der Waals surface area (Å²) in [6.07, 6.45) is 0.810. The van der Waals surface area contributed by atoms with Crippen LogP contribution in [0.4, 0.5) is 0 Å². The minimum atomic E-state index is -0.522. The Balaban J connectivity index is 2.30. The molecular weight excluding hydrogens is 180 g/mol. The van der Waals surface area contributed by atoms with Gasteiger partial charge in [0.1, 0.15) is 0 Å². The molecule has 1 amide bonds. The highest BCUT2D eigenvalue weighted by molar-refractivity contribution is 5.76. The number of likely N-dealkylation sites (tertiary alicyclic amines) is 1. The highest BCUT2D eigenvalue weighted by Gasteiger charge is 2.25. The van der Waals surface area contributed by atoms with E-state index in [-0.39, 0.29) is 12.3 Å². The maximum atomic E-state index is 11.6. The number of amides is 1. The molecule has 2 N–H and O–H groups in total. The van der Waals surface area contributed by atoms with Crippen molar-refractivity contribution in [3.05, 3.63) is 0 Å². The molecule has 4 nitrogen and oxygen atoms in total. The third-order valence-corrected chi connectivity index (χ3v) is 2.60. The summed E-state index contributed by atoms with van der Waals surface area (Å²) in [7, 11) is 1.93. The average Bonchev–Trinajstić information content (AvgIpc) is 2.52. The zero-order valence-corrected chi connectivity index (χ0v) is 8.99. The van der Waals surface area contributed by atoms with Crippen molar-refractivity contribution in [3.63, 3.8) is 0 Å². The molecule has 0 aromatic rings. The van der Waals surface area contributed by atoms with E-state index in [0.29, 0.717) is 5.92 Å². The summed E-state index contributed by atoms with van der Waals surface area (Å²) in [6.45, 7) is 4.31. The number of aliphatic hydroxyl groups excluding tert-OH is 1. The molecule has 1 fully saturated rings. The minimum Gasteiger partial charge on any atom is -0.393 e. The van der Waals surface area contributed by atoms with Crippen LogP contribution in [0.5, 0.6) is 0 Å². The monoisotopic (exact) mass is 200 g/mol. The second-order valence-corrected chi connectivity index (χ2v) is 4.11. The Hall–Kier alpha value is -0.610. The largest absolute Gasteiger partial charge is 0.393 e. The number of carbonyl (C=O) groups excluding carboxylic acids is 1. The first-order chi connectivity index (χ1) is 6.63. The molecule has 14 heavy (non-hydrogen) atoms. The lowest BCUT2D eigenvalue weighted by Crippen LogP contribution is -2.32. The zero-order valence-electron chi connectivity index (χ0n) is 8.99. The van der Waals surface area contributed by atoms with Gasteiger partial charge < -0.3 is 15.3 Å². The van der Waals surface area contributed by atoms with Gasteiger partial charge in [-0.15, -0.1) is 0 Å². The molecule has 4 heteroatoms. The highest BCUT2D eigenvalue weighted by Crippen LogP contribution is 2.16. The van der Waals surface area contributed by atoms with Crippen molar-refractivity contribution in [2.24, 2.45) is 5.92 Å². The van der Waals surface area contributed by atoms with E-state index in [0.717, 1.165) is 26.1 Å². The van der Waals surface area contributed by atoms with Crippen LogP contribution in [0.3, 0.4) is 0 Å². The van der Waals surface area contributed by atoms with E-state index in [9.17, 15) is 4.79 Å². The van der Waals surface area contributed by atoms with Gasteiger partial charge in [-0.1, -0.05) is 0 Å². The smallest absolute Gasteiger partial charge is 0.225 e. The van der Waals surface area contributed by atoms with Crippen molar-refractivity contribution in [3.8, 4) is 0 Å². The molecule has 2 unspecified atom stereocenters. The third-order valence-electron chi connectivity index (χ3n) is 2.60. The Morgan fingerprint density at radius 3 is 3.00 bits per heavy atom. The molecule has 1 rings (SSSR count). The predicted octanol–water partition coefficient (Wildman–Crippen LogP) is -0.175. The maximum Gasteiger partial charge on any atom is 0.225 e. The quantitative estimate of drug-likeness (QED) is 0.662. The van der Waals surface area contributed by atoms with Gasteiger partial charge in [0.25, 0.3) is 0 Å². The molecular formula is C10H20N2O2. The molecule has 0 aliphatic carbocycles. The van der Waals surface area contributed by atoms with Crippen molar-refractivity contribution >= 4 is 5.91 Å². The van der Waals surface area contributed by atoms with Gasteiger partial charge >= 0.3 is 0 Å². The van der Waals surface area contributed by atoms with Crippen LogP contribution in [-0.4, -0.2) is 48.7 Å². The van der Waals surface area contributed by atoms with Crippen LogP contribution < -0.4 is 5.32 Å². The molecule has 1 aliphatic heterocycles. The molecule has 1 heterocycles.